The van der Waals surface area contributed by atoms with Crippen LogP contribution in [0.2, 0.25) is 0 Å². The molecule has 2 N–H and O–H groups in total. The van der Waals surface area contributed by atoms with Crippen LogP contribution in [0, 0.1) is 0 Å². The highest BCUT2D eigenvalue weighted by atomic mass is 31.2. The summed E-state index contributed by atoms with van der Waals surface area (Å²) in [5.74, 6) is 0.642. The zero-order chi connectivity index (χ0) is 17.8. The van der Waals surface area contributed by atoms with E-state index in [1.54, 1.807) is 12.1 Å². The summed E-state index contributed by atoms with van der Waals surface area (Å²) in [6, 6.07) is 7.31. The second-order valence-corrected chi connectivity index (χ2v) is 7.68. The maximum absolute atomic E-state index is 11.2. The topological polar surface area (TPSA) is 66.8 Å². The summed E-state index contributed by atoms with van der Waals surface area (Å²) >= 11 is 0. The molecule has 24 heavy (non-hydrogen) atoms. The summed E-state index contributed by atoms with van der Waals surface area (Å²) in [5, 5.41) is 0. The van der Waals surface area contributed by atoms with Gasteiger partial charge in [0.05, 0.1) is 0 Å². The lowest BCUT2D eigenvalue weighted by Gasteiger charge is -2.21. The van der Waals surface area contributed by atoms with E-state index in [-0.39, 0.29) is 0 Å². The van der Waals surface area contributed by atoms with Gasteiger partial charge in [0.25, 0.3) is 0 Å². The summed E-state index contributed by atoms with van der Waals surface area (Å²) in [5.41, 5.74) is 0.939. The predicted octanol–water partition coefficient (Wildman–Crippen LogP) is 6.18. The molecule has 0 atom stereocenters. The van der Waals surface area contributed by atoms with Crippen LogP contribution in [0.1, 0.15) is 89.5 Å². The zero-order valence-corrected chi connectivity index (χ0v) is 16.0. The second kappa shape index (κ2) is 11.7. The van der Waals surface area contributed by atoms with Crippen LogP contribution in [0.5, 0.6) is 5.75 Å². The standard InChI is InChI=1S/C19H33O4P/c1-3-5-7-9-13-17(14-10-8-6-4-2)18-15-11-12-16-19(18)23-24(20,21)22/h11-12,15-17H,3-10,13-14H2,1-2H3,(H2,20,21,22). The van der Waals surface area contributed by atoms with Gasteiger partial charge in [-0.05, 0) is 30.4 Å². The minimum absolute atomic E-state index is 0.307. The molecule has 0 heterocycles. The van der Waals surface area contributed by atoms with Crippen LogP contribution in [0.25, 0.3) is 0 Å². The van der Waals surface area contributed by atoms with Crippen molar-refractivity contribution in [2.24, 2.45) is 0 Å². The van der Waals surface area contributed by atoms with Crippen molar-refractivity contribution in [1.82, 2.24) is 0 Å². The third-order valence-electron chi connectivity index (χ3n) is 4.39. The molecule has 0 aliphatic heterocycles. The van der Waals surface area contributed by atoms with Gasteiger partial charge in [0.15, 0.2) is 0 Å². The van der Waals surface area contributed by atoms with Crippen LogP contribution in [0.4, 0.5) is 0 Å². The molecule has 4 nitrogen and oxygen atoms in total. The lowest BCUT2D eigenvalue weighted by atomic mass is 9.87. The maximum atomic E-state index is 11.2. The molecule has 5 heteroatoms. The van der Waals surface area contributed by atoms with Gasteiger partial charge in [-0.1, -0.05) is 83.4 Å². The highest BCUT2D eigenvalue weighted by molar-refractivity contribution is 7.46. The summed E-state index contributed by atoms with van der Waals surface area (Å²) in [6.45, 7) is 4.40. The molecule has 1 aromatic rings. The van der Waals surface area contributed by atoms with E-state index >= 15 is 0 Å². The number of phosphoric acid groups is 1. The largest absolute Gasteiger partial charge is 0.524 e. The molecule has 0 bridgehead atoms. The van der Waals surface area contributed by atoms with Crippen molar-refractivity contribution < 1.29 is 18.9 Å². The fourth-order valence-corrected chi connectivity index (χ4v) is 3.54. The smallest absolute Gasteiger partial charge is 0.404 e. The first kappa shape index (κ1) is 21.2. The average Bonchev–Trinajstić information content (AvgIpc) is 2.53. The molecule has 0 aliphatic rings. The van der Waals surface area contributed by atoms with Gasteiger partial charge in [-0.2, -0.15) is 0 Å². The van der Waals surface area contributed by atoms with E-state index in [1.165, 1.54) is 38.5 Å². The van der Waals surface area contributed by atoms with Crippen LogP contribution in [-0.2, 0) is 4.57 Å². The number of rotatable bonds is 13. The predicted molar refractivity (Wildman–Crippen MR) is 99.4 cm³/mol. The van der Waals surface area contributed by atoms with Crippen LogP contribution in [0.3, 0.4) is 0 Å². The summed E-state index contributed by atoms with van der Waals surface area (Å²) in [7, 11) is -4.53. The molecule has 0 amide bonds. The molecule has 138 valence electrons. The van der Waals surface area contributed by atoms with Gasteiger partial charge in [-0.15, -0.1) is 0 Å². The van der Waals surface area contributed by atoms with Crippen LogP contribution in [-0.4, -0.2) is 9.79 Å². The van der Waals surface area contributed by atoms with Crippen molar-refractivity contribution in [3.63, 3.8) is 0 Å². The SMILES string of the molecule is CCCCCCC(CCCCCC)c1ccccc1OP(=O)(O)O. The molecule has 0 fully saturated rings. The molecule has 0 saturated heterocycles. The highest BCUT2D eigenvalue weighted by Crippen LogP contribution is 2.42. The van der Waals surface area contributed by atoms with Gasteiger partial charge in [0.2, 0.25) is 0 Å². The van der Waals surface area contributed by atoms with Gasteiger partial charge in [0, 0.05) is 0 Å². The van der Waals surface area contributed by atoms with Gasteiger partial charge in [-0.3, -0.25) is 9.79 Å². The Morgan fingerprint density at radius 1 is 0.917 bits per heavy atom. The Labute approximate surface area is 146 Å². The second-order valence-electron chi connectivity index (χ2n) is 6.52. The fraction of sp³-hybridized carbons (Fsp3) is 0.684. The van der Waals surface area contributed by atoms with Gasteiger partial charge in [0.1, 0.15) is 5.75 Å². The minimum atomic E-state index is -4.53. The normalized spacial score (nSPS) is 11.9. The Balaban J connectivity index is 2.81. The molecular weight excluding hydrogens is 323 g/mol. The molecule has 1 rings (SSSR count). The first-order chi connectivity index (χ1) is 11.5. The van der Waals surface area contributed by atoms with Crippen LogP contribution in [0.15, 0.2) is 24.3 Å². The van der Waals surface area contributed by atoms with Crippen molar-refractivity contribution in [1.29, 1.82) is 0 Å². The van der Waals surface area contributed by atoms with E-state index in [0.29, 0.717) is 11.7 Å². The molecule has 0 spiro atoms. The van der Waals surface area contributed by atoms with Crippen molar-refractivity contribution in [3.05, 3.63) is 29.8 Å². The van der Waals surface area contributed by atoms with Crippen molar-refractivity contribution in [2.45, 2.75) is 84.0 Å². The number of hydrogen-bond donors (Lipinski definition) is 2. The number of benzene rings is 1. The third kappa shape index (κ3) is 8.86. The Bertz CT molecular complexity index is 486. The average molecular weight is 356 g/mol. The molecular formula is C19H33O4P. The minimum Gasteiger partial charge on any atom is -0.404 e. The molecule has 0 aromatic heterocycles. The molecule has 1 aromatic carbocycles. The van der Waals surface area contributed by atoms with Crippen molar-refractivity contribution in [2.75, 3.05) is 0 Å². The number of hydrogen-bond acceptors (Lipinski definition) is 2. The Kier molecular flexibility index (Phi) is 10.3. The van der Waals surface area contributed by atoms with Crippen molar-refractivity contribution in [3.8, 4) is 5.75 Å². The monoisotopic (exact) mass is 356 g/mol. The Morgan fingerprint density at radius 2 is 1.46 bits per heavy atom. The van der Waals surface area contributed by atoms with E-state index in [0.717, 1.165) is 31.2 Å². The fourth-order valence-electron chi connectivity index (χ4n) is 3.12. The quantitative estimate of drug-likeness (QED) is 0.327. The van der Waals surface area contributed by atoms with E-state index < -0.39 is 7.82 Å². The summed E-state index contributed by atoms with van der Waals surface area (Å²) in [4.78, 5) is 18.3. The van der Waals surface area contributed by atoms with Crippen LogP contribution >= 0.6 is 7.82 Å². The molecule has 0 unspecified atom stereocenters. The molecule has 0 saturated carbocycles. The molecule has 0 aliphatic carbocycles. The Morgan fingerprint density at radius 3 is 1.96 bits per heavy atom. The number of unbranched alkanes of at least 4 members (excludes halogenated alkanes) is 6. The first-order valence-electron chi connectivity index (χ1n) is 9.32. The summed E-state index contributed by atoms with van der Waals surface area (Å²) in [6.07, 6.45) is 11.7. The number of para-hydroxylation sites is 1. The summed E-state index contributed by atoms with van der Waals surface area (Å²) < 4.78 is 16.2. The van der Waals surface area contributed by atoms with E-state index in [1.807, 2.05) is 12.1 Å². The van der Waals surface area contributed by atoms with E-state index in [9.17, 15) is 4.57 Å². The first-order valence-corrected chi connectivity index (χ1v) is 10.8. The zero-order valence-electron chi connectivity index (χ0n) is 15.1. The van der Waals surface area contributed by atoms with Gasteiger partial charge >= 0.3 is 7.82 Å². The Hall–Kier alpha value is -0.830. The van der Waals surface area contributed by atoms with Gasteiger partial charge in [-0.25, -0.2) is 4.57 Å². The lowest BCUT2D eigenvalue weighted by Crippen LogP contribution is -2.03. The maximum Gasteiger partial charge on any atom is 0.524 e. The van der Waals surface area contributed by atoms with E-state index in [2.05, 4.69) is 13.8 Å². The lowest BCUT2D eigenvalue weighted by molar-refractivity contribution is 0.281. The molecule has 0 radical (unpaired) electrons. The number of phosphoric ester groups is 1. The van der Waals surface area contributed by atoms with Crippen molar-refractivity contribution >= 4 is 7.82 Å². The van der Waals surface area contributed by atoms with Gasteiger partial charge < -0.3 is 4.52 Å². The highest BCUT2D eigenvalue weighted by Gasteiger charge is 2.22. The van der Waals surface area contributed by atoms with E-state index in [4.69, 9.17) is 14.3 Å². The van der Waals surface area contributed by atoms with Crippen LogP contribution < -0.4 is 4.52 Å². The third-order valence-corrected chi connectivity index (χ3v) is 4.82.